The van der Waals surface area contributed by atoms with Gasteiger partial charge in [-0.1, -0.05) is 0 Å². The van der Waals surface area contributed by atoms with Crippen LogP contribution in [0.3, 0.4) is 0 Å². The molecule has 0 spiro atoms. The Bertz CT molecular complexity index is 409. The third-order valence-electron chi connectivity index (χ3n) is 2.81. The van der Waals surface area contributed by atoms with Crippen molar-refractivity contribution in [1.82, 2.24) is 0 Å². The van der Waals surface area contributed by atoms with E-state index in [4.69, 9.17) is 9.47 Å². The molecule has 0 bridgehead atoms. The Morgan fingerprint density at radius 1 is 1.17 bits per heavy atom. The average molecular weight is 256 g/mol. The third-order valence-corrected chi connectivity index (χ3v) is 2.81. The molecule has 5 nitrogen and oxygen atoms in total. The van der Waals surface area contributed by atoms with Crippen molar-refractivity contribution >= 4 is 0 Å². The zero-order chi connectivity index (χ0) is 13.9. The van der Waals surface area contributed by atoms with Crippen molar-refractivity contribution in [3.8, 4) is 17.2 Å². The van der Waals surface area contributed by atoms with E-state index in [1.807, 2.05) is 0 Å². The number of benzene rings is 1. The number of aliphatic hydroxyl groups excluding tert-OH is 1. The molecule has 0 fully saturated rings. The highest BCUT2D eigenvalue weighted by molar-refractivity contribution is 5.50. The largest absolute Gasteiger partial charge is 0.508 e. The van der Waals surface area contributed by atoms with Gasteiger partial charge in [0.1, 0.15) is 5.75 Å². The standard InChI is InChI=1S/C13H20O5/c1-13(2,16)12(15)6-8-5-10(17-3)11(18-4)7-9(8)14/h5,7,12,14-16H,6H2,1-4H3/t12-/m0/s1. The van der Waals surface area contributed by atoms with Crippen LogP contribution in [0.2, 0.25) is 0 Å². The van der Waals surface area contributed by atoms with Gasteiger partial charge in [0.15, 0.2) is 11.5 Å². The van der Waals surface area contributed by atoms with Gasteiger partial charge in [-0.25, -0.2) is 0 Å². The Hall–Kier alpha value is -1.46. The number of aromatic hydroxyl groups is 1. The Morgan fingerprint density at radius 3 is 2.11 bits per heavy atom. The summed E-state index contributed by atoms with van der Waals surface area (Å²) in [6, 6.07) is 3.01. The summed E-state index contributed by atoms with van der Waals surface area (Å²) in [6.45, 7) is 3.02. The molecule has 1 aromatic carbocycles. The molecule has 1 rings (SSSR count). The predicted octanol–water partition coefficient (Wildman–Crippen LogP) is 1.08. The summed E-state index contributed by atoms with van der Waals surface area (Å²) in [6.07, 6.45) is -0.864. The molecule has 1 aromatic rings. The van der Waals surface area contributed by atoms with E-state index in [0.29, 0.717) is 17.1 Å². The number of rotatable bonds is 5. The van der Waals surface area contributed by atoms with Gasteiger partial charge >= 0.3 is 0 Å². The van der Waals surface area contributed by atoms with Crippen LogP contribution >= 0.6 is 0 Å². The zero-order valence-electron chi connectivity index (χ0n) is 11.1. The molecule has 0 aliphatic rings. The van der Waals surface area contributed by atoms with Crippen molar-refractivity contribution in [3.05, 3.63) is 17.7 Å². The summed E-state index contributed by atoms with van der Waals surface area (Å²) in [5, 5.41) is 29.3. The molecule has 0 aromatic heterocycles. The van der Waals surface area contributed by atoms with E-state index in [-0.39, 0.29) is 12.2 Å². The fourth-order valence-corrected chi connectivity index (χ4v) is 1.53. The SMILES string of the molecule is COc1cc(O)c(C[C@H](O)C(C)(C)O)cc1OC. The molecule has 18 heavy (non-hydrogen) atoms. The molecule has 0 saturated carbocycles. The molecule has 0 heterocycles. The average Bonchev–Trinajstić information content (AvgIpc) is 2.29. The number of phenols is 1. The smallest absolute Gasteiger partial charge is 0.164 e. The monoisotopic (exact) mass is 256 g/mol. The van der Waals surface area contributed by atoms with Gasteiger partial charge in [0.2, 0.25) is 0 Å². The van der Waals surface area contributed by atoms with Crippen LogP contribution in [0.5, 0.6) is 17.2 Å². The van der Waals surface area contributed by atoms with Crippen molar-refractivity contribution in [1.29, 1.82) is 0 Å². The van der Waals surface area contributed by atoms with Crippen LogP contribution in [0.25, 0.3) is 0 Å². The van der Waals surface area contributed by atoms with E-state index in [9.17, 15) is 15.3 Å². The minimum absolute atomic E-state index is 0.00375. The second kappa shape index (κ2) is 5.46. The van der Waals surface area contributed by atoms with E-state index < -0.39 is 11.7 Å². The molecule has 0 unspecified atom stereocenters. The first kappa shape index (κ1) is 14.6. The summed E-state index contributed by atoms with van der Waals surface area (Å²) < 4.78 is 10.2. The molecule has 0 aliphatic heterocycles. The van der Waals surface area contributed by atoms with Gasteiger partial charge in [-0.3, -0.25) is 0 Å². The maximum atomic E-state index is 9.83. The van der Waals surface area contributed by atoms with Crippen LogP contribution in [-0.2, 0) is 6.42 Å². The fourth-order valence-electron chi connectivity index (χ4n) is 1.53. The molecule has 3 N–H and O–H groups in total. The molecule has 5 heteroatoms. The molecule has 1 atom stereocenters. The van der Waals surface area contributed by atoms with Gasteiger partial charge < -0.3 is 24.8 Å². The number of methoxy groups -OCH3 is 2. The van der Waals surface area contributed by atoms with Gasteiger partial charge in [0.05, 0.1) is 25.9 Å². The summed E-state index contributed by atoms with van der Waals surface area (Å²) in [5.74, 6) is 0.876. The van der Waals surface area contributed by atoms with E-state index in [0.717, 1.165) is 0 Å². The van der Waals surface area contributed by atoms with E-state index in [1.165, 1.54) is 34.1 Å². The highest BCUT2D eigenvalue weighted by Crippen LogP contribution is 2.35. The lowest BCUT2D eigenvalue weighted by molar-refractivity contribution is -0.0471. The Morgan fingerprint density at radius 2 is 1.67 bits per heavy atom. The van der Waals surface area contributed by atoms with Gasteiger partial charge in [-0.05, 0) is 19.9 Å². The number of phenolic OH excluding ortho intramolecular Hbond substituents is 1. The third kappa shape index (κ3) is 3.27. The second-order valence-electron chi connectivity index (χ2n) is 4.71. The summed E-state index contributed by atoms with van der Waals surface area (Å²) in [5.41, 5.74) is -0.748. The van der Waals surface area contributed by atoms with Crippen LogP contribution < -0.4 is 9.47 Å². The lowest BCUT2D eigenvalue weighted by Gasteiger charge is -2.25. The molecular formula is C13H20O5. The quantitative estimate of drug-likeness (QED) is 0.734. The highest BCUT2D eigenvalue weighted by atomic mass is 16.5. The first-order valence-electron chi connectivity index (χ1n) is 5.64. The Kier molecular flexibility index (Phi) is 4.43. The van der Waals surface area contributed by atoms with Gasteiger partial charge in [-0.15, -0.1) is 0 Å². The minimum Gasteiger partial charge on any atom is -0.508 e. The molecule has 0 aliphatic carbocycles. The van der Waals surface area contributed by atoms with Crippen molar-refractivity contribution in [2.24, 2.45) is 0 Å². The summed E-state index contributed by atoms with van der Waals surface area (Å²) in [7, 11) is 2.97. The highest BCUT2D eigenvalue weighted by Gasteiger charge is 2.26. The summed E-state index contributed by atoms with van der Waals surface area (Å²) >= 11 is 0. The van der Waals surface area contributed by atoms with Crippen LogP contribution in [0.1, 0.15) is 19.4 Å². The van der Waals surface area contributed by atoms with Crippen molar-refractivity contribution < 1.29 is 24.8 Å². The van der Waals surface area contributed by atoms with Gasteiger partial charge in [0, 0.05) is 18.1 Å². The van der Waals surface area contributed by atoms with Crippen LogP contribution in [0.15, 0.2) is 12.1 Å². The van der Waals surface area contributed by atoms with Crippen LogP contribution in [0, 0.1) is 0 Å². The zero-order valence-corrected chi connectivity index (χ0v) is 11.1. The number of ether oxygens (including phenoxy) is 2. The minimum atomic E-state index is -1.24. The number of hydrogen-bond acceptors (Lipinski definition) is 5. The van der Waals surface area contributed by atoms with Gasteiger partial charge in [0.25, 0.3) is 0 Å². The number of hydrogen-bond donors (Lipinski definition) is 3. The Labute approximate surface area is 107 Å². The van der Waals surface area contributed by atoms with Gasteiger partial charge in [-0.2, -0.15) is 0 Å². The van der Waals surface area contributed by atoms with E-state index in [1.54, 1.807) is 6.07 Å². The molecule has 0 saturated heterocycles. The first-order valence-corrected chi connectivity index (χ1v) is 5.64. The van der Waals surface area contributed by atoms with Crippen molar-refractivity contribution in [2.75, 3.05) is 14.2 Å². The van der Waals surface area contributed by atoms with Crippen molar-refractivity contribution in [3.63, 3.8) is 0 Å². The maximum absolute atomic E-state index is 9.83. The topological polar surface area (TPSA) is 79.2 Å². The van der Waals surface area contributed by atoms with Crippen molar-refractivity contribution in [2.45, 2.75) is 32.0 Å². The molecule has 0 amide bonds. The fraction of sp³-hybridized carbons (Fsp3) is 0.538. The second-order valence-corrected chi connectivity index (χ2v) is 4.71. The maximum Gasteiger partial charge on any atom is 0.164 e. The predicted molar refractivity (Wildman–Crippen MR) is 67.2 cm³/mol. The van der Waals surface area contributed by atoms with Crippen LogP contribution in [0.4, 0.5) is 0 Å². The first-order chi connectivity index (χ1) is 8.29. The molecular weight excluding hydrogens is 236 g/mol. The summed E-state index contributed by atoms with van der Waals surface area (Å²) in [4.78, 5) is 0. The number of aliphatic hydroxyl groups is 2. The lowest BCUT2D eigenvalue weighted by atomic mass is 9.94. The van der Waals surface area contributed by atoms with E-state index in [2.05, 4.69) is 0 Å². The molecule has 0 radical (unpaired) electrons. The van der Waals surface area contributed by atoms with Crippen LogP contribution in [-0.4, -0.2) is 41.2 Å². The molecule has 102 valence electrons. The lowest BCUT2D eigenvalue weighted by Crippen LogP contribution is -2.37. The van der Waals surface area contributed by atoms with E-state index >= 15 is 0 Å². The normalized spacial score (nSPS) is 13.2. The Balaban J connectivity index is 3.03.